The molecule has 0 saturated heterocycles. The molecule has 0 unspecified atom stereocenters. The Labute approximate surface area is 102 Å². The second kappa shape index (κ2) is 4.64. The Morgan fingerprint density at radius 3 is 2.56 bits per heavy atom. The maximum Gasteiger partial charge on any atom is 0.416 e. The topological polar surface area (TPSA) is 37.8 Å². The summed E-state index contributed by atoms with van der Waals surface area (Å²) in [5.74, 6) is 0.553. The quantitative estimate of drug-likeness (QED) is 0.893. The number of halogens is 3. The van der Waals surface area contributed by atoms with Gasteiger partial charge in [0.1, 0.15) is 12.1 Å². The van der Waals surface area contributed by atoms with Crippen LogP contribution >= 0.6 is 0 Å². The standard InChI is InChI=1S/C12H10F3N3/c1-16-11-6-10(17-7-18-11)8-3-2-4-9(5-8)12(13,14)15/h2-7H,1H3,(H,16,17,18). The molecule has 0 amide bonds. The van der Waals surface area contributed by atoms with Gasteiger partial charge in [0.2, 0.25) is 0 Å². The highest BCUT2D eigenvalue weighted by atomic mass is 19.4. The minimum absolute atomic E-state index is 0.406. The molecule has 2 rings (SSSR count). The Kier molecular flexibility index (Phi) is 3.18. The molecule has 0 aliphatic carbocycles. The number of aromatic nitrogens is 2. The number of hydrogen-bond donors (Lipinski definition) is 1. The average Bonchev–Trinajstić information content (AvgIpc) is 2.38. The SMILES string of the molecule is CNc1cc(-c2cccc(C(F)(F)F)c2)ncn1. The van der Waals surface area contributed by atoms with E-state index >= 15 is 0 Å². The summed E-state index contributed by atoms with van der Waals surface area (Å²) >= 11 is 0. The largest absolute Gasteiger partial charge is 0.416 e. The van der Waals surface area contributed by atoms with Crippen molar-refractivity contribution >= 4 is 5.82 Å². The fourth-order valence-corrected chi connectivity index (χ4v) is 1.51. The maximum atomic E-state index is 12.6. The summed E-state index contributed by atoms with van der Waals surface area (Å²) in [6.07, 6.45) is -3.05. The van der Waals surface area contributed by atoms with Crippen molar-refractivity contribution < 1.29 is 13.2 Å². The molecule has 6 heteroatoms. The van der Waals surface area contributed by atoms with Crippen molar-refractivity contribution in [3.05, 3.63) is 42.2 Å². The van der Waals surface area contributed by atoms with E-state index in [1.165, 1.54) is 12.4 Å². The van der Waals surface area contributed by atoms with Crippen molar-refractivity contribution in [2.45, 2.75) is 6.18 Å². The van der Waals surface area contributed by atoms with Gasteiger partial charge in [-0.05, 0) is 12.1 Å². The van der Waals surface area contributed by atoms with Crippen molar-refractivity contribution in [1.29, 1.82) is 0 Å². The van der Waals surface area contributed by atoms with Gasteiger partial charge in [0.15, 0.2) is 0 Å². The molecule has 0 aliphatic heterocycles. The number of anilines is 1. The predicted molar refractivity (Wildman–Crippen MR) is 62.0 cm³/mol. The van der Waals surface area contributed by atoms with E-state index in [1.54, 1.807) is 19.2 Å². The monoisotopic (exact) mass is 253 g/mol. The predicted octanol–water partition coefficient (Wildman–Crippen LogP) is 3.20. The van der Waals surface area contributed by atoms with Crippen LogP contribution in [0.4, 0.5) is 19.0 Å². The van der Waals surface area contributed by atoms with Gasteiger partial charge in [-0.15, -0.1) is 0 Å². The summed E-state index contributed by atoms with van der Waals surface area (Å²) in [5.41, 5.74) is 0.161. The lowest BCUT2D eigenvalue weighted by atomic mass is 10.1. The van der Waals surface area contributed by atoms with Crippen LogP contribution in [0.3, 0.4) is 0 Å². The second-order valence-corrected chi connectivity index (χ2v) is 3.62. The van der Waals surface area contributed by atoms with Gasteiger partial charge in [-0.1, -0.05) is 12.1 Å². The maximum absolute atomic E-state index is 12.6. The Balaban J connectivity index is 2.44. The lowest BCUT2D eigenvalue weighted by molar-refractivity contribution is -0.137. The Morgan fingerprint density at radius 1 is 1.11 bits per heavy atom. The first-order valence-corrected chi connectivity index (χ1v) is 5.18. The van der Waals surface area contributed by atoms with E-state index in [9.17, 15) is 13.2 Å². The van der Waals surface area contributed by atoms with Crippen LogP contribution in [0.15, 0.2) is 36.7 Å². The molecule has 3 nitrogen and oxygen atoms in total. The lowest BCUT2D eigenvalue weighted by Crippen LogP contribution is -2.04. The van der Waals surface area contributed by atoms with Gasteiger partial charge < -0.3 is 5.32 Å². The molecule has 0 spiro atoms. The van der Waals surface area contributed by atoms with E-state index in [0.717, 1.165) is 12.1 Å². The average molecular weight is 253 g/mol. The highest BCUT2D eigenvalue weighted by Crippen LogP contribution is 2.31. The van der Waals surface area contributed by atoms with Crippen LogP contribution in [0.1, 0.15) is 5.56 Å². The van der Waals surface area contributed by atoms with Gasteiger partial charge in [0.25, 0.3) is 0 Å². The molecule has 94 valence electrons. The third-order valence-electron chi connectivity index (χ3n) is 2.41. The summed E-state index contributed by atoms with van der Waals surface area (Å²) in [6, 6.07) is 6.64. The van der Waals surface area contributed by atoms with E-state index < -0.39 is 11.7 Å². The van der Waals surface area contributed by atoms with Crippen LogP contribution in [0.2, 0.25) is 0 Å². The van der Waals surface area contributed by atoms with Gasteiger partial charge in [0, 0.05) is 18.7 Å². The first-order chi connectivity index (χ1) is 8.50. The molecule has 1 N–H and O–H groups in total. The summed E-state index contributed by atoms with van der Waals surface area (Å²) in [5, 5.41) is 2.81. The van der Waals surface area contributed by atoms with Crippen LogP contribution in [-0.4, -0.2) is 17.0 Å². The van der Waals surface area contributed by atoms with Crippen LogP contribution < -0.4 is 5.32 Å². The highest BCUT2D eigenvalue weighted by Gasteiger charge is 2.30. The van der Waals surface area contributed by atoms with Crippen molar-refractivity contribution in [3.8, 4) is 11.3 Å². The smallest absolute Gasteiger partial charge is 0.373 e. The molecule has 1 heterocycles. The highest BCUT2D eigenvalue weighted by molar-refractivity contribution is 5.63. The fourth-order valence-electron chi connectivity index (χ4n) is 1.51. The molecule has 0 saturated carbocycles. The molecule has 2 aromatic rings. The van der Waals surface area contributed by atoms with Crippen LogP contribution in [0, 0.1) is 0 Å². The Bertz CT molecular complexity index is 552. The first-order valence-electron chi connectivity index (χ1n) is 5.18. The van der Waals surface area contributed by atoms with E-state index in [1.807, 2.05) is 0 Å². The van der Waals surface area contributed by atoms with E-state index in [0.29, 0.717) is 17.1 Å². The van der Waals surface area contributed by atoms with Crippen molar-refractivity contribution in [3.63, 3.8) is 0 Å². The molecule has 0 bridgehead atoms. The molecular weight excluding hydrogens is 243 g/mol. The van der Waals surface area contributed by atoms with Gasteiger partial charge in [-0.2, -0.15) is 13.2 Å². The van der Waals surface area contributed by atoms with E-state index in [4.69, 9.17) is 0 Å². The molecular formula is C12H10F3N3. The zero-order valence-electron chi connectivity index (χ0n) is 9.49. The molecule has 0 fully saturated rings. The van der Waals surface area contributed by atoms with Crippen molar-refractivity contribution in [2.75, 3.05) is 12.4 Å². The molecule has 0 radical (unpaired) electrons. The number of benzene rings is 1. The normalized spacial score (nSPS) is 11.3. The Morgan fingerprint density at radius 2 is 1.89 bits per heavy atom. The number of nitrogens with zero attached hydrogens (tertiary/aromatic N) is 2. The van der Waals surface area contributed by atoms with Crippen LogP contribution in [-0.2, 0) is 6.18 Å². The zero-order valence-corrected chi connectivity index (χ0v) is 9.49. The van der Waals surface area contributed by atoms with Crippen LogP contribution in [0.5, 0.6) is 0 Å². The van der Waals surface area contributed by atoms with Gasteiger partial charge in [0.05, 0.1) is 11.3 Å². The summed E-state index contributed by atoms with van der Waals surface area (Å²) in [4.78, 5) is 7.87. The summed E-state index contributed by atoms with van der Waals surface area (Å²) in [7, 11) is 1.68. The van der Waals surface area contributed by atoms with Crippen LogP contribution in [0.25, 0.3) is 11.3 Å². The molecule has 1 aromatic heterocycles. The van der Waals surface area contributed by atoms with Gasteiger partial charge in [-0.25, -0.2) is 9.97 Å². The second-order valence-electron chi connectivity index (χ2n) is 3.62. The zero-order chi connectivity index (χ0) is 13.2. The minimum atomic E-state index is -4.35. The van der Waals surface area contributed by atoms with Gasteiger partial charge in [-0.3, -0.25) is 0 Å². The molecule has 18 heavy (non-hydrogen) atoms. The van der Waals surface area contributed by atoms with Crippen molar-refractivity contribution in [2.24, 2.45) is 0 Å². The van der Waals surface area contributed by atoms with Gasteiger partial charge >= 0.3 is 6.18 Å². The summed E-state index contributed by atoms with van der Waals surface area (Å²) < 4.78 is 37.8. The lowest BCUT2D eigenvalue weighted by Gasteiger charge is -2.08. The first kappa shape index (κ1) is 12.3. The minimum Gasteiger partial charge on any atom is -0.373 e. The summed E-state index contributed by atoms with van der Waals surface area (Å²) in [6.45, 7) is 0. The molecule has 0 aliphatic rings. The third kappa shape index (κ3) is 2.58. The number of alkyl halides is 3. The Hall–Kier alpha value is -2.11. The third-order valence-corrected chi connectivity index (χ3v) is 2.41. The number of nitrogens with one attached hydrogen (secondary N) is 1. The number of rotatable bonds is 2. The molecule has 1 aromatic carbocycles. The fraction of sp³-hybridized carbons (Fsp3) is 0.167. The van der Waals surface area contributed by atoms with E-state index in [2.05, 4.69) is 15.3 Å². The number of hydrogen-bond acceptors (Lipinski definition) is 3. The molecule has 0 atom stereocenters. The van der Waals surface area contributed by atoms with E-state index in [-0.39, 0.29) is 0 Å². The van der Waals surface area contributed by atoms with Crippen molar-refractivity contribution in [1.82, 2.24) is 9.97 Å².